The van der Waals surface area contributed by atoms with Crippen LogP contribution in [0.3, 0.4) is 0 Å². The molecule has 2 aliphatic rings. The van der Waals surface area contributed by atoms with Crippen molar-refractivity contribution >= 4 is 17.0 Å². The first-order chi connectivity index (χ1) is 14.0. The fraction of sp³-hybridized carbons (Fsp3) is 0.636. The summed E-state index contributed by atoms with van der Waals surface area (Å²) in [7, 11) is 0. The molecule has 2 aliphatic heterocycles. The van der Waals surface area contributed by atoms with E-state index < -0.39 is 12.3 Å². The Bertz CT molecular complexity index is 795. The molecule has 2 saturated heterocycles. The summed E-state index contributed by atoms with van der Waals surface area (Å²) in [5, 5.41) is 16.2. The van der Waals surface area contributed by atoms with Gasteiger partial charge in [0.1, 0.15) is 17.8 Å². The third-order valence-corrected chi connectivity index (χ3v) is 6.48. The van der Waals surface area contributed by atoms with Crippen molar-refractivity contribution in [3.63, 3.8) is 0 Å². The second-order valence-corrected chi connectivity index (χ2v) is 8.52. The molecule has 0 aliphatic carbocycles. The Morgan fingerprint density at radius 1 is 1.24 bits per heavy atom. The molecule has 0 bridgehead atoms. The van der Waals surface area contributed by atoms with Crippen molar-refractivity contribution < 1.29 is 14.3 Å². The van der Waals surface area contributed by atoms with E-state index in [1.54, 1.807) is 0 Å². The van der Waals surface area contributed by atoms with Gasteiger partial charge in [0.05, 0.1) is 5.92 Å². The molecule has 2 fully saturated rings. The fourth-order valence-corrected chi connectivity index (χ4v) is 4.82. The van der Waals surface area contributed by atoms with Crippen LogP contribution in [0.2, 0.25) is 0 Å². The van der Waals surface area contributed by atoms with Gasteiger partial charge in [-0.05, 0) is 51.7 Å². The number of likely N-dealkylation sites (tertiary alicyclic amines) is 1. The van der Waals surface area contributed by atoms with Crippen LogP contribution >= 0.6 is 0 Å². The van der Waals surface area contributed by atoms with Gasteiger partial charge in [0.2, 0.25) is 11.8 Å². The molecule has 3 N–H and O–H groups in total. The van der Waals surface area contributed by atoms with E-state index in [1.807, 2.05) is 24.3 Å². The van der Waals surface area contributed by atoms with Crippen LogP contribution < -0.4 is 10.6 Å². The van der Waals surface area contributed by atoms with Crippen LogP contribution in [0, 0.1) is 0 Å². The minimum Gasteiger partial charge on any atom is -0.440 e. The number of carbonyl (C=O) groups is 1. The standard InChI is InChI=1S/C22H32N4O3/c1-14-6-5-7-15(2)26(14)13-12-23-21(28)20-16(10-11-19(27)25-20)22-24-17-8-3-4-9-18(17)29-22/h3-4,8-9,14-16,19-20,25,27H,5-7,10-13H2,1-2H3,(H,23,28)/t14-,15+,16?,19?,20-/m0/s1. The summed E-state index contributed by atoms with van der Waals surface area (Å²) in [6.45, 7) is 5.97. The maximum atomic E-state index is 13.0. The lowest BCUT2D eigenvalue weighted by molar-refractivity contribution is -0.126. The van der Waals surface area contributed by atoms with Gasteiger partial charge in [0.15, 0.2) is 5.58 Å². The molecule has 3 heterocycles. The van der Waals surface area contributed by atoms with Crippen LogP contribution in [0.1, 0.15) is 57.8 Å². The second-order valence-electron chi connectivity index (χ2n) is 8.52. The number of hydrogen-bond acceptors (Lipinski definition) is 6. The summed E-state index contributed by atoms with van der Waals surface area (Å²) in [6, 6.07) is 8.17. The highest BCUT2D eigenvalue weighted by molar-refractivity contribution is 5.83. The van der Waals surface area contributed by atoms with E-state index >= 15 is 0 Å². The Morgan fingerprint density at radius 3 is 2.76 bits per heavy atom. The molecular formula is C22H32N4O3. The second kappa shape index (κ2) is 8.81. The fourth-order valence-electron chi connectivity index (χ4n) is 4.82. The third kappa shape index (κ3) is 4.47. The Morgan fingerprint density at radius 2 is 2.00 bits per heavy atom. The summed E-state index contributed by atoms with van der Waals surface area (Å²) in [4.78, 5) is 20.0. The van der Waals surface area contributed by atoms with Crippen molar-refractivity contribution in [2.75, 3.05) is 13.1 Å². The number of carbonyl (C=O) groups excluding carboxylic acids is 1. The van der Waals surface area contributed by atoms with E-state index in [-0.39, 0.29) is 11.8 Å². The van der Waals surface area contributed by atoms with Gasteiger partial charge in [-0.2, -0.15) is 0 Å². The molecule has 2 unspecified atom stereocenters. The van der Waals surface area contributed by atoms with Crippen LogP contribution in [0.25, 0.3) is 11.1 Å². The van der Waals surface area contributed by atoms with Crippen molar-refractivity contribution in [2.24, 2.45) is 0 Å². The lowest BCUT2D eigenvalue weighted by Crippen LogP contribution is -2.55. The number of fused-ring (bicyclic) bond motifs is 1. The average molecular weight is 401 g/mol. The van der Waals surface area contributed by atoms with Crippen molar-refractivity contribution in [1.82, 2.24) is 20.5 Å². The number of aliphatic hydroxyl groups is 1. The van der Waals surface area contributed by atoms with Crippen LogP contribution in [-0.4, -0.2) is 58.3 Å². The molecule has 7 heteroatoms. The number of aliphatic hydroxyl groups excluding tert-OH is 1. The molecule has 5 atom stereocenters. The molecular weight excluding hydrogens is 368 g/mol. The van der Waals surface area contributed by atoms with Crippen LogP contribution in [0.5, 0.6) is 0 Å². The molecule has 29 heavy (non-hydrogen) atoms. The molecule has 0 spiro atoms. The maximum Gasteiger partial charge on any atom is 0.238 e. The van der Waals surface area contributed by atoms with E-state index in [0.29, 0.717) is 37.4 Å². The van der Waals surface area contributed by atoms with Gasteiger partial charge in [-0.1, -0.05) is 18.6 Å². The van der Waals surface area contributed by atoms with E-state index in [4.69, 9.17) is 4.42 Å². The van der Waals surface area contributed by atoms with Crippen molar-refractivity contribution in [3.05, 3.63) is 30.2 Å². The molecule has 7 nitrogen and oxygen atoms in total. The predicted molar refractivity (Wildman–Crippen MR) is 111 cm³/mol. The first-order valence-electron chi connectivity index (χ1n) is 10.9. The smallest absolute Gasteiger partial charge is 0.238 e. The number of benzene rings is 1. The minimum atomic E-state index is -0.687. The van der Waals surface area contributed by atoms with Crippen molar-refractivity contribution in [3.8, 4) is 0 Å². The highest BCUT2D eigenvalue weighted by Crippen LogP contribution is 2.31. The van der Waals surface area contributed by atoms with Gasteiger partial charge in [0, 0.05) is 25.2 Å². The van der Waals surface area contributed by atoms with Crippen LogP contribution in [0.15, 0.2) is 28.7 Å². The molecule has 4 rings (SSSR count). The molecule has 0 radical (unpaired) electrons. The van der Waals surface area contributed by atoms with E-state index in [1.165, 1.54) is 19.3 Å². The number of piperidine rings is 2. The number of nitrogens with one attached hydrogen (secondary N) is 2. The average Bonchev–Trinajstić information content (AvgIpc) is 3.14. The topological polar surface area (TPSA) is 90.6 Å². The van der Waals surface area contributed by atoms with E-state index in [2.05, 4.69) is 34.4 Å². The highest BCUT2D eigenvalue weighted by atomic mass is 16.3. The van der Waals surface area contributed by atoms with E-state index in [0.717, 1.165) is 17.6 Å². The van der Waals surface area contributed by atoms with Crippen LogP contribution in [-0.2, 0) is 4.79 Å². The molecule has 158 valence electrons. The van der Waals surface area contributed by atoms with Gasteiger partial charge < -0.3 is 14.8 Å². The number of aromatic nitrogens is 1. The SMILES string of the molecule is C[C@@H]1CCC[C@H](C)N1CCNC(=O)[C@H]1NC(O)CCC1c1nc2ccccc2o1. The number of nitrogens with zero attached hydrogens (tertiary/aromatic N) is 2. The molecule has 0 saturated carbocycles. The quantitative estimate of drug-likeness (QED) is 0.714. The predicted octanol–water partition coefficient (Wildman–Crippen LogP) is 2.36. The Kier molecular flexibility index (Phi) is 6.18. The maximum absolute atomic E-state index is 13.0. The number of amides is 1. The third-order valence-electron chi connectivity index (χ3n) is 6.48. The van der Waals surface area contributed by atoms with Gasteiger partial charge in [-0.15, -0.1) is 0 Å². The van der Waals surface area contributed by atoms with Crippen LogP contribution in [0.4, 0.5) is 0 Å². The number of hydrogen-bond donors (Lipinski definition) is 3. The largest absolute Gasteiger partial charge is 0.440 e. The monoisotopic (exact) mass is 400 g/mol. The molecule has 1 aromatic heterocycles. The normalized spacial score (nSPS) is 31.1. The summed E-state index contributed by atoms with van der Waals surface area (Å²) in [6.07, 6.45) is 4.24. The Hall–Kier alpha value is -1.96. The molecule has 1 aromatic carbocycles. The van der Waals surface area contributed by atoms with Gasteiger partial charge >= 0.3 is 0 Å². The van der Waals surface area contributed by atoms with Crippen molar-refractivity contribution in [2.45, 2.75) is 76.2 Å². The Balaban J connectivity index is 1.41. The summed E-state index contributed by atoms with van der Waals surface area (Å²) in [5.41, 5.74) is 1.52. The van der Waals surface area contributed by atoms with E-state index in [9.17, 15) is 9.90 Å². The van der Waals surface area contributed by atoms with Gasteiger partial charge in [-0.3, -0.25) is 15.0 Å². The summed E-state index contributed by atoms with van der Waals surface area (Å²) < 4.78 is 5.93. The summed E-state index contributed by atoms with van der Waals surface area (Å²) in [5.74, 6) is 0.260. The zero-order chi connectivity index (χ0) is 20.4. The number of oxazole rings is 1. The lowest BCUT2D eigenvalue weighted by Gasteiger charge is -2.39. The number of para-hydroxylation sites is 2. The minimum absolute atomic E-state index is 0.103. The Labute approximate surface area is 171 Å². The van der Waals surface area contributed by atoms with Crippen molar-refractivity contribution in [1.29, 1.82) is 0 Å². The van der Waals surface area contributed by atoms with Gasteiger partial charge in [-0.25, -0.2) is 4.98 Å². The first kappa shape index (κ1) is 20.3. The lowest BCUT2D eigenvalue weighted by atomic mass is 9.89. The zero-order valence-electron chi connectivity index (χ0n) is 17.3. The molecule has 2 aromatic rings. The summed E-state index contributed by atoms with van der Waals surface area (Å²) >= 11 is 0. The molecule has 1 amide bonds. The number of rotatable bonds is 5. The van der Waals surface area contributed by atoms with Gasteiger partial charge in [0.25, 0.3) is 0 Å². The highest BCUT2D eigenvalue weighted by Gasteiger charge is 2.38. The first-order valence-corrected chi connectivity index (χ1v) is 10.9. The zero-order valence-corrected chi connectivity index (χ0v) is 17.3.